The van der Waals surface area contributed by atoms with Gasteiger partial charge in [-0.25, -0.2) is 0 Å². The van der Waals surface area contributed by atoms with Crippen LogP contribution in [0.5, 0.6) is 0 Å². The van der Waals surface area contributed by atoms with Gasteiger partial charge in [-0.3, -0.25) is 0 Å². The minimum absolute atomic E-state index is 0.0751. The molecule has 0 bridgehead atoms. The van der Waals surface area contributed by atoms with E-state index in [-0.39, 0.29) is 23.6 Å². The van der Waals surface area contributed by atoms with Gasteiger partial charge in [0.25, 0.3) is 0 Å². The second kappa shape index (κ2) is 6.69. The highest BCUT2D eigenvalue weighted by molar-refractivity contribution is 9.09. The molecule has 0 amide bonds. The molecule has 0 radical (unpaired) electrons. The van der Waals surface area contributed by atoms with Gasteiger partial charge in [0, 0.05) is 9.85 Å². The molecule has 0 spiro atoms. The van der Waals surface area contributed by atoms with Crippen LogP contribution in [0.15, 0.2) is 24.3 Å². The van der Waals surface area contributed by atoms with Crippen LogP contribution in [-0.4, -0.2) is 11.0 Å². The lowest BCUT2D eigenvalue weighted by Crippen LogP contribution is -2.32. The van der Waals surface area contributed by atoms with Crippen molar-refractivity contribution in [3.8, 4) is 0 Å². The van der Waals surface area contributed by atoms with E-state index in [4.69, 9.17) is 11.6 Å². The number of hydrogen-bond donors (Lipinski definition) is 0. The smallest absolute Gasteiger partial charge is 0.171 e. The Morgan fingerprint density at radius 2 is 2.05 bits per heavy atom. The molecule has 1 aromatic carbocycles. The maximum absolute atomic E-state index is 12.8. The van der Waals surface area contributed by atoms with Crippen LogP contribution in [0.3, 0.4) is 0 Å². The molecule has 112 valence electrons. The zero-order chi connectivity index (χ0) is 14.8. The van der Waals surface area contributed by atoms with Crippen molar-refractivity contribution in [2.75, 3.05) is 0 Å². The SMILES string of the molecule is FC(F)(F)C1CCCC(C(Br)Cc2cccc(Cl)c2)C1. The van der Waals surface area contributed by atoms with Crippen molar-refractivity contribution < 1.29 is 13.2 Å². The monoisotopic (exact) mass is 368 g/mol. The minimum Gasteiger partial charge on any atom is -0.171 e. The molecule has 1 saturated carbocycles. The lowest BCUT2D eigenvalue weighted by Gasteiger charge is -2.33. The second-order valence-corrected chi connectivity index (χ2v) is 7.13. The Morgan fingerprint density at radius 1 is 1.30 bits per heavy atom. The lowest BCUT2D eigenvalue weighted by molar-refractivity contribution is -0.185. The summed E-state index contributed by atoms with van der Waals surface area (Å²) in [5, 5.41) is 0.666. The summed E-state index contributed by atoms with van der Waals surface area (Å²) in [7, 11) is 0. The summed E-state index contributed by atoms with van der Waals surface area (Å²) in [5.74, 6) is -1.06. The van der Waals surface area contributed by atoms with Crippen LogP contribution < -0.4 is 0 Å². The fourth-order valence-electron chi connectivity index (χ4n) is 2.91. The van der Waals surface area contributed by atoms with Crippen molar-refractivity contribution in [2.45, 2.75) is 43.1 Å². The molecule has 0 nitrogen and oxygen atoms in total. The van der Waals surface area contributed by atoms with Gasteiger partial charge in [-0.05, 0) is 49.3 Å². The van der Waals surface area contributed by atoms with Gasteiger partial charge in [0.1, 0.15) is 0 Å². The van der Waals surface area contributed by atoms with E-state index >= 15 is 0 Å². The first-order chi connectivity index (χ1) is 9.36. The summed E-state index contributed by atoms with van der Waals surface area (Å²) >= 11 is 9.52. The Balaban J connectivity index is 1.97. The molecule has 0 aromatic heterocycles. The molecule has 0 N–H and O–H groups in total. The average Bonchev–Trinajstić information content (AvgIpc) is 2.38. The second-order valence-electron chi connectivity index (χ2n) is 5.52. The third-order valence-corrected chi connectivity index (χ3v) is 5.32. The largest absolute Gasteiger partial charge is 0.391 e. The Morgan fingerprint density at radius 3 is 2.70 bits per heavy atom. The van der Waals surface area contributed by atoms with Crippen molar-refractivity contribution in [1.82, 2.24) is 0 Å². The quantitative estimate of drug-likeness (QED) is 0.572. The maximum atomic E-state index is 12.8. The first-order valence-electron chi connectivity index (χ1n) is 6.81. The normalized spacial score (nSPS) is 25.4. The van der Waals surface area contributed by atoms with Gasteiger partial charge in [-0.2, -0.15) is 13.2 Å². The van der Waals surface area contributed by atoms with Crippen molar-refractivity contribution in [3.05, 3.63) is 34.9 Å². The van der Waals surface area contributed by atoms with Gasteiger partial charge in [0.05, 0.1) is 5.92 Å². The highest BCUT2D eigenvalue weighted by Crippen LogP contribution is 2.42. The predicted octanol–water partition coefficient (Wildman–Crippen LogP) is 6.01. The Labute approximate surface area is 130 Å². The zero-order valence-electron chi connectivity index (χ0n) is 11.0. The van der Waals surface area contributed by atoms with Gasteiger partial charge in [-0.1, -0.05) is 46.1 Å². The molecule has 0 heterocycles. The molecule has 0 aliphatic heterocycles. The van der Waals surface area contributed by atoms with Crippen LogP contribution in [0.1, 0.15) is 31.2 Å². The Bertz CT molecular complexity index is 447. The first-order valence-corrected chi connectivity index (χ1v) is 8.11. The van der Waals surface area contributed by atoms with Gasteiger partial charge < -0.3 is 0 Å². The number of benzene rings is 1. The molecule has 2 rings (SSSR count). The number of hydrogen-bond acceptors (Lipinski definition) is 0. The van der Waals surface area contributed by atoms with Crippen LogP contribution >= 0.6 is 27.5 Å². The summed E-state index contributed by atoms with van der Waals surface area (Å²) in [5.41, 5.74) is 1.06. The maximum Gasteiger partial charge on any atom is 0.391 e. The predicted molar refractivity (Wildman–Crippen MR) is 79.4 cm³/mol. The molecule has 1 fully saturated rings. The summed E-state index contributed by atoms with van der Waals surface area (Å²) in [6.45, 7) is 0. The standard InChI is InChI=1S/C15H17BrClF3/c16-14(8-10-3-1-6-13(17)7-10)11-4-2-5-12(9-11)15(18,19)20/h1,3,6-7,11-12,14H,2,4-5,8-9H2. The summed E-state index contributed by atoms with van der Waals surface area (Å²) in [4.78, 5) is 0.0751. The van der Waals surface area contributed by atoms with Gasteiger partial charge in [0.2, 0.25) is 0 Å². The van der Waals surface area contributed by atoms with Crippen LogP contribution in [0.4, 0.5) is 13.2 Å². The van der Waals surface area contributed by atoms with Crippen molar-refractivity contribution in [1.29, 1.82) is 0 Å². The fourth-order valence-corrected chi connectivity index (χ4v) is 3.98. The highest BCUT2D eigenvalue weighted by atomic mass is 79.9. The van der Waals surface area contributed by atoms with Crippen LogP contribution in [0, 0.1) is 11.8 Å². The summed E-state index contributed by atoms with van der Waals surface area (Å²) < 4.78 is 38.5. The average molecular weight is 370 g/mol. The number of alkyl halides is 4. The highest BCUT2D eigenvalue weighted by Gasteiger charge is 2.43. The molecule has 3 unspecified atom stereocenters. The molecule has 20 heavy (non-hydrogen) atoms. The van der Waals surface area contributed by atoms with Gasteiger partial charge in [-0.15, -0.1) is 0 Å². The van der Waals surface area contributed by atoms with Crippen LogP contribution in [-0.2, 0) is 6.42 Å². The number of halogens is 5. The van der Waals surface area contributed by atoms with Crippen LogP contribution in [0.25, 0.3) is 0 Å². The van der Waals surface area contributed by atoms with E-state index in [0.29, 0.717) is 11.4 Å². The molecule has 5 heteroatoms. The van der Waals surface area contributed by atoms with Gasteiger partial charge in [0.15, 0.2) is 0 Å². The molecule has 1 aliphatic rings. The van der Waals surface area contributed by atoms with E-state index in [1.54, 1.807) is 6.07 Å². The van der Waals surface area contributed by atoms with Crippen molar-refractivity contribution in [2.24, 2.45) is 11.8 Å². The van der Waals surface area contributed by atoms with Crippen LogP contribution in [0.2, 0.25) is 5.02 Å². The molecule has 1 aromatic rings. The molecular formula is C15H17BrClF3. The minimum atomic E-state index is -4.05. The Kier molecular flexibility index (Phi) is 5.41. The Hall–Kier alpha value is -0.220. The number of rotatable bonds is 3. The van der Waals surface area contributed by atoms with E-state index < -0.39 is 12.1 Å². The third-order valence-electron chi connectivity index (χ3n) is 4.01. The third kappa shape index (κ3) is 4.39. The summed E-state index contributed by atoms with van der Waals surface area (Å²) in [6.07, 6.45) is -1.30. The van der Waals surface area contributed by atoms with E-state index in [2.05, 4.69) is 15.9 Å². The molecule has 1 aliphatic carbocycles. The van der Waals surface area contributed by atoms with E-state index in [1.807, 2.05) is 18.2 Å². The van der Waals surface area contributed by atoms with E-state index in [0.717, 1.165) is 18.4 Å². The lowest BCUT2D eigenvalue weighted by atomic mass is 9.78. The van der Waals surface area contributed by atoms with E-state index in [1.165, 1.54) is 0 Å². The van der Waals surface area contributed by atoms with Gasteiger partial charge >= 0.3 is 6.18 Å². The zero-order valence-corrected chi connectivity index (χ0v) is 13.3. The van der Waals surface area contributed by atoms with Crippen molar-refractivity contribution >= 4 is 27.5 Å². The fraction of sp³-hybridized carbons (Fsp3) is 0.600. The topological polar surface area (TPSA) is 0 Å². The van der Waals surface area contributed by atoms with E-state index in [9.17, 15) is 13.2 Å². The van der Waals surface area contributed by atoms with Crippen molar-refractivity contribution in [3.63, 3.8) is 0 Å². The molecule has 3 atom stereocenters. The molecular weight excluding hydrogens is 353 g/mol. The molecule has 0 saturated heterocycles. The first kappa shape index (κ1) is 16.2. The summed E-state index contributed by atoms with van der Waals surface area (Å²) in [6, 6.07) is 7.51.